The molecule has 3 rings (SSSR count). The highest BCUT2D eigenvalue weighted by atomic mass is 35.5. The lowest BCUT2D eigenvalue weighted by Crippen LogP contribution is -2.23. The molecule has 0 saturated heterocycles. The Labute approximate surface area is 158 Å². The number of nitrogens with two attached hydrogens (primary N) is 1. The van der Waals surface area contributed by atoms with Gasteiger partial charge in [-0.1, -0.05) is 35.0 Å². The first kappa shape index (κ1) is 17.8. The average Bonchev–Trinajstić information content (AvgIpc) is 3.19. The number of thioether (sulfide) groups is 1. The first-order chi connectivity index (χ1) is 12.0. The van der Waals surface area contributed by atoms with Crippen molar-refractivity contribution in [2.24, 2.45) is 5.73 Å². The summed E-state index contributed by atoms with van der Waals surface area (Å²) in [6, 6.07) is 8.79. The van der Waals surface area contributed by atoms with E-state index >= 15 is 0 Å². The van der Waals surface area contributed by atoms with Crippen LogP contribution in [0.15, 0.2) is 46.2 Å². The quantitative estimate of drug-likeness (QED) is 0.639. The van der Waals surface area contributed by atoms with E-state index in [1.165, 1.54) is 11.8 Å². The van der Waals surface area contributed by atoms with Crippen LogP contribution in [-0.4, -0.2) is 25.9 Å². The molecule has 2 heterocycles. The number of amides is 1. The highest BCUT2D eigenvalue weighted by molar-refractivity contribution is 8.00. The summed E-state index contributed by atoms with van der Waals surface area (Å²) in [6.07, 6.45) is 1.59. The second-order valence-corrected chi connectivity index (χ2v) is 7.41. The van der Waals surface area contributed by atoms with Crippen LogP contribution in [0.3, 0.4) is 0 Å². The summed E-state index contributed by atoms with van der Waals surface area (Å²) in [5.41, 5.74) is 6.04. The lowest BCUT2D eigenvalue weighted by Gasteiger charge is -2.11. The number of furan rings is 1. The lowest BCUT2D eigenvalue weighted by atomic mass is 10.2. The minimum atomic E-state index is -0.451. The molecule has 1 atom stereocenters. The maximum absolute atomic E-state index is 11.4. The molecule has 0 radical (unpaired) electrons. The molecule has 3 aromatic rings. The van der Waals surface area contributed by atoms with Crippen LogP contribution in [0.25, 0.3) is 11.4 Å². The van der Waals surface area contributed by atoms with Gasteiger partial charge in [-0.3, -0.25) is 9.36 Å². The third-order valence-electron chi connectivity index (χ3n) is 3.47. The Bertz CT molecular complexity index is 896. The summed E-state index contributed by atoms with van der Waals surface area (Å²) in [5, 5.41) is 9.52. The molecule has 0 saturated carbocycles. The van der Waals surface area contributed by atoms with Crippen molar-refractivity contribution in [3.05, 3.63) is 52.4 Å². The number of hydrogen-bond acceptors (Lipinski definition) is 5. The van der Waals surface area contributed by atoms with Gasteiger partial charge in [0, 0.05) is 10.6 Å². The van der Waals surface area contributed by atoms with Crippen molar-refractivity contribution in [3.63, 3.8) is 0 Å². The summed E-state index contributed by atoms with van der Waals surface area (Å²) < 4.78 is 7.25. The molecule has 1 aromatic carbocycles. The van der Waals surface area contributed by atoms with Gasteiger partial charge in [-0.25, -0.2) is 0 Å². The normalized spacial score (nSPS) is 12.3. The van der Waals surface area contributed by atoms with Gasteiger partial charge in [0.1, 0.15) is 5.76 Å². The van der Waals surface area contributed by atoms with E-state index in [1.54, 1.807) is 37.5 Å². The topological polar surface area (TPSA) is 86.9 Å². The number of carbonyl (C=O) groups excluding carboxylic acids is 1. The monoisotopic (exact) mass is 396 g/mol. The molecule has 0 fully saturated rings. The van der Waals surface area contributed by atoms with Crippen LogP contribution in [0.1, 0.15) is 12.7 Å². The zero-order chi connectivity index (χ0) is 18.0. The van der Waals surface area contributed by atoms with Gasteiger partial charge in [0.25, 0.3) is 0 Å². The third-order valence-corrected chi connectivity index (χ3v) is 5.11. The van der Waals surface area contributed by atoms with Crippen molar-refractivity contribution in [1.82, 2.24) is 14.8 Å². The van der Waals surface area contributed by atoms with Crippen LogP contribution in [0.5, 0.6) is 0 Å². The molecular weight excluding hydrogens is 383 g/mol. The SMILES string of the molecule is C[C@H](Sc1nnc(-c2ccc(Cl)cc2Cl)n1Cc1ccco1)C(N)=O. The minimum absolute atomic E-state index is 0.391. The van der Waals surface area contributed by atoms with E-state index in [0.717, 1.165) is 5.76 Å². The van der Waals surface area contributed by atoms with Crippen LogP contribution < -0.4 is 5.73 Å². The van der Waals surface area contributed by atoms with E-state index in [2.05, 4.69) is 10.2 Å². The Morgan fingerprint density at radius 2 is 2.16 bits per heavy atom. The van der Waals surface area contributed by atoms with Crippen molar-refractivity contribution in [2.75, 3.05) is 0 Å². The van der Waals surface area contributed by atoms with Gasteiger partial charge in [-0.15, -0.1) is 10.2 Å². The Balaban J connectivity index is 2.05. The van der Waals surface area contributed by atoms with Gasteiger partial charge in [0.2, 0.25) is 5.91 Å². The molecule has 2 aromatic heterocycles. The molecule has 1 amide bonds. The molecule has 130 valence electrons. The third kappa shape index (κ3) is 4.00. The largest absolute Gasteiger partial charge is 0.467 e. The Kier molecular flexibility index (Phi) is 5.36. The second kappa shape index (κ2) is 7.51. The number of primary amides is 1. The predicted octanol–water partition coefficient (Wildman–Crippen LogP) is 3.86. The molecule has 0 aliphatic heterocycles. The van der Waals surface area contributed by atoms with E-state index in [9.17, 15) is 4.79 Å². The molecular formula is C16H14Cl2N4O2S. The zero-order valence-corrected chi connectivity index (χ0v) is 15.5. The Morgan fingerprint density at radius 3 is 2.80 bits per heavy atom. The van der Waals surface area contributed by atoms with Crippen molar-refractivity contribution in [3.8, 4) is 11.4 Å². The molecule has 0 unspecified atom stereocenters. The lowest BCUT2D eigenvalue weighted by molar-refractivity contribution is -0.117. The first-order valence-electron chi connectivity index (χ1n) is 7.32. The molecule has 9 heteroatoms. The standard InChI is InChI=1S/C16H14Cl2N4O2S/c1-9(14(19)23)25-16-21-20-15(12-5-4-10(17)7-13(12)18)22(16)8-11-3-2-6-24-11/h2-7,9H,8H2,1H3,(H2,19,23)/t9-/m0/s1. The van der Waals surface area contributed by atoms with E-state index in [0.29, 0.717) is 33.1 Å². The van der Waals surface area contributed by atoms with Crippen molar-refractivity contribution in [1.29, 1.82) is 0 Å². The summed E-state index contributed by atoms with van der Waals surface area (Å²) >= 11 is 13.5. The maximum atomic E-state index is 11.4. The van der Waals surface area contributed by atoms with Crippen LogP contribution in [0, 0.1) is 0 Å². The van der Waals surface area contributed by atoms with Gasteiger partial charge in [-0.05, 0) is 37.3 Å². The molecule has 6 nitrogen and oxygen atoms in total. The summed E-state index contributed by atoms with van der Waals surface area (Å²) in [7, 11) is 0. The fraction of sp³-hybridized carbons (Fsp3) is 0.188. The van der Waals surface area contributed by atoms with Gasteiger partial charge in [-0.2, -0.15) is 0 Å². The fourth-order valence-corrected chi connectivity index (χ4v) is 3.45. The number of rotatable bonds is 6. The van der Waals surface area contributed by atoms with Crippen molar-refractivity contribution >= 4 is 40.9 Å². The highest BCUT2D eigenvalue weighted by Gasteiger charge is 2.21. The predicted molar refractivity (Wildman–Crippen MR) is 97.8 cm³/mol. The van der Waals surface area contributed by atoms with Crippen LogP contribution in [-0.2, 0) is 11.3 Å². The molecule has 2 N–H and O–H groups in total. The number of carbonyl (C=O) groups is 1. The van der Waals surface area contributed by atoms with Gasteiger partial charge >= 0.3 is 0 Å². The van der Waals surface area contributed by atoms with E-state index in [4.69, 9.17) is 33.4 Å². The van der Waals surface area contributed by atoms with Crippen LogP contribution in [0.2, 0.25) is 10.0 Å². The molecule has 0 aliphatic carbocycles. The van der Waals surface area contributed by atoms with Crippen molar-refractivity contribution < 1.29 is 9.21 Å². The highest BCUT2D eigenvalue weighted by Crippen LogP contribution is 2.32. The smallest absolute Gasteiger partial charge is 0.230 e. The van der Waals surface area contributed by atoms with E-state index in [1.807, 2.05) is 10.6 Å². The molecule has 0 aliphatic rings. The Morgan fingerprint density at radius 1 is 1.36 bits per heavy atom. The number of halogens is 2. The molecule has 25 heavy (non-hydrogen) atoms. The maximum Gasteiger partial charge on any atom is 0.230 e. The average molecular weight is 397 g/mol. The van der Waals surface area contributed by atoms with E-state index in [-0.39, 0.29) is 0 Å². The van der Waals surface area contributed by atoms with Gasteiger partial charge in [0.15, 0.2) is 11.0 Å². The first-order valence-corrected chi connectivity index (χ1v) is 8.96. The summed E-state index contributed by atoms with van der Waals surface area (Å²) in [5.74, 6) is 0.848. The zero-order valence-electron chi connectivity index (χ0n) is 13.1. The number of hydrogen-bond donors (Lipinski definition) is 1. The second-order valence-electron chi connectivity index (χ2n) is 5.26. The van der Waals surface area contributed by atoms with Crippen molar-refractivity contribution in [2.45, 2.75) is 23.9 Å². The van der Waals surface area contributed by atoms with Crippen LogP contribution >= 0.6 is 35.0 Å². The number of aromatic nitrogens is 3. The summed E-state index contributed by atoms with van der Waals surface area (Å²) in [6.45, 7) is 2.11. The number of benzene rings is 1. The summed E-state index contributed by atoms with van der Waals surface area (Å²) in [4.78, 5) is 11.4. The molecule has 0 spiro atoms. The molecule has 0 bridgehead atoms. The Hall–Kier alpha value is -1.96. The fourth-order valence-electron chi connectivity index (χ4n) is 2.16. The van der Waals surface area contributed by atoms with Gasteiger partial charge < -0.3 is 10.2 Å². The van der Waals surface area contributed by atoms with Gasteiger partial charge in [0.05, 0.1) is 23.1 Å². The minimum Gasteiger partial charge on any atom is -0.467 e. The van der Waals surface area contributed by atoms with E-state index < -0.39 is 11.2 Å². The number of nitrogens with zero attached hydrogens (tertiary/aromatic N) is 3. The van der Waals surface area contributed by atoms with Crippen LogP contribution in [0.4, 0.5) is 0 Å².